The van der Waals surface area contributed by atoms with E-state index >= 15 is 0 Å². The molecule has 1 aliphatic rings. The quantitative estimate of drug-likeness (QED) is 0.884. The average Bonchev–Trinajstić information content (AvgIpc) is 3.24. The Morgan fingerprint density at radius 1 is 1.33 bits per heavy atom. The fourth-order valence-corrected chi connectivity index (χ4v) is 3.40. The van der Waals surface area contributed by atoms with E-state index in [0.29, 0.717) is 12.2 Å². The highest BCUT2D eigenvalue weighted by molar-refractivity contribution is 7.93. The molecule has 0 radical (unpaired) electrons. The summed E-state index contributed by atoms with van der Waals surface area (Å²) in [6.07, 6.45) is 4.72. The molecule has 1 aliphatic carbocycles. The lowest BCUT2D eigenvalue weighted by Gasteiger charge is -2.04. The van der Waals surface area contributed by atoms with E-state index in [2.05, 4.69) is 9.82 Å². The summed E-state index contributed by atoms with van der Waals surface area (Å²) in [4.78, 5) is 0. The summed E-state index contributed by atoms with van der Waals surface area (Å²) >= 11 is 0. The molecule has 1 aromatic heterocycles. The van der Waals surface area contributed by atoms with E-state index in [1.165, 1.54) is 6.20 Å². The molecule has 0 bridgehead atoms. The van der Waals surface area contributed by atoms with Gasteiger partial charge in [-0.05, 0) is 30.5 Å². The zero-order valence-corrected chi connectivity index (χ0v) is 12.5. The Morgan fingerprint density at radius 2 is 2.05 bits per heavy atom. The fraction of sp³-hybridized carbons (Fsp3) is 0.357. The third-order valence-corrected chi connectivity index (χ3v) is 5.23. The molecule has 1 N–H and O–H groups in total. The number of rotatable bonds is 6. The molecule has 0 amide bonds. The molecule has 1 heterocycles. The van der Waals surface area contributed by atoms with Gasteiger partial charge in [0.25, 0.3) is 0 Å². The van der Waals surface area contributed by atoms with Crippen LogP contribution in [0.3, 0.4) is 0 Å². The van der Waals surface area contributed by atoms with Gasteiger partial charge in [-0.2, -0.15) is 5.10 Å². The Balaban J connectivity index is 1.66. The van der Waals surface area contributed by atoms with Crippen molar-refractivity contribution in [2.75, 3.05) is 11.8 Å². The predicted molar refractivity (Wildman–Crippen MR) is 79.9 cm³/mol. The lowest BCUT2D eigenvalue weighted by atomic mass is 10.2. The topological polar surface area (TPSA) is 73.2 Å². The summed E-state index contributed by atoms with van der Waals surface area (Å²) in [6, 6.07) is 7.67. The van der Waals surface area contributed by atoms with Crippen LogP contribution < -0.4 is 9.46 Å². The van der Waals surface area contributed by atoms with Gasteiger partial charge in [0.05, 0.1) is 30.8 Å². The van der Waals surface area contributed by atoms with Gasteiger partial charge in [-0.1, -0.05) is 12.1 Å². The van der Waals surface area contributed by atoms with Crippen LogP contribution in [0.4, 0.5) is 5.69 Å². The number of anilines is 1. The summed E-state index contributed by atoms with van der Waals surface area (Å²) in [5.74, 6) is 0.803. The number of methoxy groups -OCH3 is 1. The van der Waals surface area contributed by atoms with Gasteiger partial charge in [0, 0.05) is 6.20 Å². The molecule has 1 saturated carbocycles. The van der Waals surface area contributed by atoms with E-state index in [-0.39, 0.29) is 5.25 Å². The first kappa shape index (κ1) is 13.9. The minimum Gasteiger partial charge on any atom is -0.497 e. The van der Waals surface area contributed by atoms with Crippen molar-refractivity contribution in [3.63, 3.8) is 0 Å². The summed E-state index contributed by atoms with van der Waals surface area (Å²) in [7, 11) is -1.60. The third kappa shape index (κ3) is 3.36. The molecule has 21 heavy (non-hydrogen) atoms. The maximum Gasteiger partial charge on any atom is 0.235 e. The first-order chi connectivity index (χ1) is 10.1. The smallest absolute Gasteiger partial charge is 0.235 e. The van der Waals surface area contributed by atoms with Gasteiger partial charge in [0.1, 0.15) is 5.75 Å². The van der Waals surface area contributed by atoms with Gasteiger partial charge >= 0.3 is 0 Å². The van der Waals surface area contributed by atoms with Gasteiger partial charge in [-0.15, -0.1) is 0 Å². The molecule has 112 valence electrons. The van der Waals surface area contributed by atoms with Crippen molar-refractivity contribution in [3.8, 4) is 5.75 Å². The van der Waals surface area contributed by atoms with Crippen LogP contribution in [-0.4, -0.2) is 30.6 Å². The van der Waals surface area contributed by atoms with Gasteiger partial charge in [-0.3, -0.25) is 9.40 Å². The standard InChI is InChI=1S/C14H17N3O3S/c1-20-13-4-2-11(3-5-13)9-17-10-12(8-15-17)16-21(18,19)14-6-7-14/h2-5,8,10,14,16H,6-7,9H2,1H3. The Hall–Kier alpha value is -2.02. The minimum atomic E-state index is -3.23. The number of nitrogens with one attached hydrogen (secondary N) is 1. The van der Waals surface area contributed by atoms with Crippen molar-refractivity contribution in [1.82, 2.24) is 9.78 Å². The van der Waals surface area contributed by atoms with Crippen LogP contribution in [0, 0.1) is 0 Å². The molecule has 2 aromatic rings. The van der Waals surface area contributed by atoms with E-state index in [9.17, 15) is 8.42 Å². The zero-order chi connectivity index (χ0) is 14.9. The van der Waals surface area contributed by atoms with Gasteiger partial charge < -0.3 is 4.74 Å². The zero-order valence-electron chi connectivity index (χ0n) is 11.7. The molecular weight excluding hydrogens is 290 g/mol. The first-order valence-corrected chi connectivity index (χ1v) is 8.28. The van der Waals surface area contributed by atoms with Crippen molar-refractivity contribution in [3.05, 3.63) is 42.2 Å². The number of hydrogen-bond acceptors (Lipinski definition) is 4. The third-order valence-electron chi connectivity index (χ3n) is 3.36. The lowest BCUT2D eigenvalue weighted by molar-refractivity contribution is 0.414. The molecule has 0 unspecified atom stereocenters. The minimum absolute atomic E-state index is 0.234. The van der Waals surface area contributed by atoms with Gasteiger partial charge in [0.2, 0.25) is 10.0 Å². The molecule has 0 saturated heterocycles. The van der Waals surface area contributed by atoms with Crippen molar-refractivity contribution < 1.29 is 13.2 Å². The van der Waals surface area contributed by atoms with Crippen LogP contribution in [0.5, 0.6) is 5.75 Å². The lowest BCUT2D eigenvalue weighted by Crippen LogP contribution is -2.16. The highest BCUT2D eigenvalue weighted by Gasteiger charge is 2.35. The van der Waals surface area contributed by atoms with E-state index in [1.54, 1.807) is 18.0 Å². The maximum atomic E-state index is 11.8. The highest BCUT2D eigenvalue weighted by atomic mass is 32.2. The monoisotopic (exact) mass is 307 g/mol. The molecule has 0 spiro atoms. The van der Waals surface area contributed by atoms with E-state index < -0.39 is 10.0 Å². The van der Waals surface area contributed by atoms with E-state index in [1.807, 2.05) is 24.3 Å². The van der Waals surface area contributed by atoms with Crippen molar-refractivity contribution in [1.29, 1.82) is 0 Å². The maximum absolute atomic E-state index is 11.8. The first-order valence-electron chi connectivity index (χ1n) is 6.74. The second-order valence-electron chi connectivity index (χ2n) is 5.12. The fourth-order valence-electron chi connectivity index (χ4n) is 2.05. The van der Waals surface area contributed by atoms with Crippen LogP contribution in [0.25, 0.3) is 0 Å². The average molecular weight is 307 g/mol. The van der Waals surface area contributed by atoms with Crippen LogP contribution >= 0.6 is 0 Å². The number of aromatic nitrogens is 2. The van der Waals surface area contributed by atoms with Gasteiger partial charge in [0.15, 0.2) is 0 Å². The Kier molecular flexibility index (Phi) is 3.59. The molecule has 7 heteroatoms. The van der Waals surface area contributed by atoms with E-state index in [4.69, 9.17) is 4.74 Å². The summed E-state index contributed by atoms with van der Waals surface area (Å²) < 4.78 is 33.1. The Morgan fingerprint density at radius 3 is 2.67 bits per heavy atom. The number of hydrogen-bond donors (Lipinski definition) is 1. The van der Waals surface area contributed by atoms with Crippen molar-refractivity contribution in [2.24, 2.45) is 0 Å². The largest absolute Gasteiger partial charge is 0.497 e. The van der Waals surface area contributed by atoms with Crippen LogP contribution in [0.1, 0.15) is 18.4 Å². The number of benzene rings is 1. The van der Waals surface area contributed by atoms with Crippen LogP contribution in [0.15, 0.2) is 36.7 Å². The molecular formula is C14H17N3O3S. The second kappa shape index (κ2) is 5.40. The van der Waals surface area contributed by atoms with Crippen LogP contribution in [0.2, 0.25) is 0 Å². The summed E-state index contributed by atoms with van der Waals surface area (Å²) in [6.45, 7) is 0.579. The Bertz CT molecular complexity index is 718. The predicted octanol–water partition coefficient (Wildman–Crippen LogP) is 1.84. The van der Waals surface area contributed by atoms with E-state index in [0.717, 1.165) is 24.2 Å². The van der Waals surface area contributed by atoms with Crippen LogP contribution in [-0.2, 0) is 16.6 Å². The molecule has 6 nitrogen and oxygen atoms in total. The molecule has 0 atom stereocenters. The number of nitrogens with zero attached hydrogens (tertiary/aromatic N) is 2. The van der Waals surface area contributed by atoms with Gasteiger partial charge in [-0.25, -0.2) is 8.42 Å². The number of sulfonamides is 1. The Labute approximate surface area is 123 Å². The SMILES string of the molecule is COc1ccc(Cn2cc(NS(=O)(=O)C3CC3)cn2)cc1. The van der Waals surface area contributed by atoms with Crippen molar-refractivity contribution in [2.45, 2.75) is 24.6 Å². The normalized spacial score (nSPS) is 14.9. The highest BCUT2D eigenvalue weighted by Crippen LogP contribution is 2.29. The van der Waals surface area contributed by atoms with Crippen molar-refractivity contribution >= 4 is 15.7 Å². The molecule has 1 fully saturated rings. The second-order valence-corrected chi connectivity index (χ2v) is 7.08. The molecule has 0 aliphatic heterocycles. The number of ether oxygens (including phenoxy) is 1. The molecule has 1 aromatic carbocycles. The summed E-state index contributed by atoms with van der Waals surface area (Å²) in [5.41, 5.74) is 1.57. The molecule has 3 rings (SSSR count). The summed E-state index contributed by atoms with van der Waals surface area (Å²) in [5, 5.41) is 3.94.